The van der Waals surface area contributed by atoms with Gasteiger partial charge in [0.2, 0.25) is 0 Å². The van der Waals surface area contributed by atoms with Crippen molar-refractivity contribution in [2.45, 2.75) is 26.2 Å². The number of amides is 1. The monoisotopic (exact) mass is 295 g/mol. The lowest BCUT2D eigenvalue weighted by atomic mass is 10.1. The highest BCUT2D eigenvalue weighted by atomic mass is 16.1. The first-order valence-corrected chi connectivity index (χ1v) is 7.81. The van der Waals surface area contributed by atoms with E-state index < -0.39 is 0 Å². The molecule has 0 spiro atoms. The topological polar surface area (TPSA) is 45.2 Å². The summed E-state index contributed by atoms with van der Waals surface area (Å²) in [6.45, 7) is 4.19. The van der Waals surface area contributed by atoms with Crippen molar-refractivity contribution in [3.8, 4) is 0 Å². The van der Waals surface area contributed by atoms with Crippen molar-refractivity contribution < 1.29 is 4.79 Å². The zero-order valence-electron chi connectivity index (χ0n) is 12.9. The Morgan fingerprint density at radius 1 is 1.05 bits per heavy atom. The lowest BCUT2D eigenvalue weighted by Crippen LogP contribution is -2.29. The molecule has 0 radical (unpaired) electrons. The first-order valence-electron chi connectivity index (χ1n) is 7.81. The summed E-state index contributed by atoms with van der Waals surface area (Å²) < 4.78 is 0. The minimum Gasteiger partial charge on any atom is -0.370 e. The van der Waals surface area contributed by atoms with Gasteiger partial charge in [-0.1, -0.05) is 17.7 Å². The summed E-state index contributed by atoms with van der Waals surface area (Å²) in [5, 5.41) is 2.84. The summed E-state index contributed by atoms with van der Waals surface area (Å²) in [4.78, 5) is 18.9. The Labute approximate surface area is 131 Å². The number of carbonyl (C=O) groups is 1. The molecule has 0 bridgehead atoms. The van der Waals surface area contributed by atoms with Crippen molar-refractivity contribution in [3.05, 3.63) is 53.7 Å². The van der Waals surface area contributed by atoms with Crippen molar-refractivity contribution in [1.82, 2.24) is 4.98 Å². The van der Waals surface area contributed by atoms with Gasteiger partial charge in [-0.15, -0.1) is 0 Å². The molecule has 1 aliphatic rings. The first kappa shape index (κ1) is 14.6. The second-order valence-corrected chi connectivity index (χ2v) is 5.77. The van der Waals surface area contributed by atoms with Crippen LogP contribution < -0.4 is 10.2 Å². The number of nitrogens with one attached hydrogen (secondary N) is 1. The zero-order chi connectivity index (χ0) is 15.4. The van der Waals surface area contributed by atoms with Crippen LogP contribution in [0, 0.1) is 6.92 Å². The van der Waals surface area contributed by atoms with Crippen LogP contribution >= 0.6 is 0 Å². The number of nitrogens with zero attached hydrogens (tertiary/aromatic N) is 2. The molecule has 1 saturated heterocycles. The molecule has 3 rings (SSSR count). The van der Waals surface area contributed by atoms with E-state index in [9.17, 15) is 4.79 Å². The summed E-state index contributed by atoms with van der Waals surface area (Å²) in [5.74, 6) is 0.463. The van der Waals surface area contributed by atoms with Gasteiger partial charge in [-0.25, -0.2) is 4.98 Å². The van der Waals surface area contributed by atoms with Gasteiger partial charge in [0.25, 0.3) is 5.91 Å². The Morgan fingerprint density at radius 2 is 1.77 bits per heavy atom. The SMILES string of the molecule is Cc1ccc(C(=O)Nc2ccc(N3CCCCC3)cn2)cc1. The fourth-order valence-corrected chi connectivity index (χ4v) is 2.69. The van der Waals surface area contributed by atoms with Crippen molar-refractivity contribution in [1.29, 1.82) is 0 Å². The van der Waals surface area contributed by atoms with Crippen molar-refractivity contribution in [2.75, 3.05) is 23.3 Å². The molecule has 4 heteroatoms. The number of carbonyl (C=O) groups excluding carboxylic acids is 1. The van der Waals surface area contributed by atoms with E-state index in [2.05, 4.69) is 15.2 Å². The third-order valence-electron chi connectivity index (χ3n) is 4.02. The Balaban J connectivity index is 1.65. The van der Waals surface area contributed by atoms with Gasteiger partial charge in [0.05, 0.1) is 11.9 Å². The largest absolute Gasteiger partial charge is 0.370 e. The van der Waals surface area contributed by atoms with Gasteiger partial charge in [-0.3, -0.25) is 4.79 Å². The summed E-state index contributed by atoms with van der Waals surface area (Å²) in [7, 11) is 0. The lowest BCUT2D eigenvalue weighted by Gasteiger charge is -2.28. The normalized spacial score (nSPS) is 14.7. The van der Waals surface area contributed by atoms with Gasteiger partial charge >= 0.3 is 0 Å². The van der Waals surface area contributed by atoms with Gasteiger partial charge in [0.1, 0.15) is 5.82 Å². The average molecular weight is 295 g/mol. The summed E-state index contributed by atoms with van der Waals surface area (Å²) in [6.07, 6.45) is 5.64. The Hall–Kier alpha value is -2.36. The van der Waals surface area contributed by atoms with Gasteiger partial charge < -0.3 is 10.2 Å². The third kappa shape index (κ3) is 3.45. The van der Waals surface area contributed by atoms with E-state index in [1.165, 1.54) is 19.3 Å². The molecule has 1 N–H and O–H groups in total. The number of aromatic nitrogens is 1. The standard InChI is InChI=1S/C18H21N3O/c1-14-5-7-15(8-6-14)18(22)20-17-10-9-16(13-19-17)21-11-3-2-4-12-21/h5-10,13H,2-4,11-12H2,1H3,(H,19,20,22). The van der Waals surface area contributed by atoms with Gasteiger partial charge in [-0.05, 0) is 50.5 Å². The Bertz CT molecular complexity index is 628. The van der Waals surface area contributed by atoms with Crippen molar-refractivity contribution in [3.63, 3.8) is 0 Å². The molecular formula is C18H21N3O. The number of hydrogen-bond donors (Lipinski definition) is 1. The quantitative estimate of drug-likeness (QED) is 0.940. The fourth-order valence-electron chi connectivity index (χ4n) is 2.69. The second-order valence-electron chi connectivity index (χ2n) is 5.77. The predicted octanol–water partition coefficient (Wildman–Crippen LogP) is 3.63. The van der Waals surface area contributed by atoms with Crippen LogP contribution in [0.4, 0.5) is 11.5 Å². The van der Waals surface area contributed by atoms with Crippen LogP contribution in [0.1, 0.15) is 35.2 Å². The van der Waals surface area contributed by atoms with Crippen LogP contribution in [0.25, 0.3) is 0 Å². The van der Waals surface area contributed by atoms with Gasteiger partial charge in [0.15, 0.2) is 0 Å². The second kappa shape index (κ2) is 6.60. The highest BCUT2D eigenvalue weighted by molar-refractivity contribution is 6.03. The maximum atomic E-state index is 12.2. The molecule has 1 amide bonds. The van der Waals surface area contributed by atoms with E-state index in [-0.39, 0.29) is 5.91 Å². The van der Waals surface area contributed by atoms with Crippen molar-refractivity contribution in [2.24, 2.45) is 0 Å². The van der Waals surface area contributed by atoms with Crippen LogP contribution in [0.2, 0.25) is 0 Å². The molecule has 1 aromatic heterocycles. The maximum Gasteiger partial charge on any atom is 0.256 e. The maximum absolute atomic E-state index is 12.2. The average Bonchev–Trinajstić information content (AvgIpc) is 2.57. The van der Waals surface area contributed by atoms with Crippen LogP contribution in [0.5, 0.6) is 0 Å². The molecule has 2 aromatic rings. The molecule has 0 saturated carbocycles. The summed E-state index contributed by atoms with van der Waals surface area (Å²) in [6, 6.07) is 11.4. The molecule has 0 atom stereocenters. The molecule has 22 heavy (non-hydrogen) atoms. The molecule has 1 aromatic carbocycles. The predicted molar refractivity (Wildman–Crippen MR) is 89.4 cm³/mol. The third-order valence-corrected chi connectivity index (χ3v) is 4.02. The van der Waals surface area contributed by atoms with Crippen LogP contribution in [0.15, 0.2) is 42.6 Å². The molecule has 2 heterocycles. The number of aryl methyl sites for hydroxylation is 1. The molecule has 0 aliphatic carbocycles. The van der Waals surface area contributed by atoms with Crippen LogP contribution in [0.3, 0.4) is 0 Å². The molecular weight excluding hydrogens is 274 g/mol. The summed E-state index contributed by atoms with van der Waals surface area (Å²) >= 11 is 0. The van der Waals surface area contributed by atoms with Gasteiger partial charge in [0, 0.05) is 18.7 Å². The van der Waals surface area contributed by atoms with Crippen molar-refractivity contribution >= 4 is 17.4 Å². The Kier molecular flexibility index (Phi) is 4.37. The Morgan fingerprint density at radius 3 is 2.41 bits per heavy atom. The highest BCUT2D eigenvalue weighted by Crippen LogP contribution is 2.20. The van der Waals surface area contributed by atoms with E-state index in [0.29, 0.717) is 11.4 Å². The van der Waals surface area contributed by atoms with Crippen LogP contribution in [-0.4, -0.2) is 24.0 Å². The highest BCUT2D eigenvalue weighted by Gasteiger charge is 2.12. The number of anilines is 2. The van der Waals surface area contributed by atoms with E-state index in [0.717, 1.165) is 24.3 Å². The minimum atomic E-state index is -0.127. The number of hydrogen-bond acceptors (Lipinski definition) is 3. The van der Waals surface area contributed by atoms with Gasteiger partial charge in [-0.2, -0.15) is 0 Å². The lowest BCUT2D eigenvalue weighted by molar-refractivity contribution is 0.102. The number of piperidine rings is 1. The molecule has 114 valence electrons. The van der Waals surface area contributed by atoms with E-state index >= 15 is 0 Å². The van der Waals surface area contributed by atoms with Crippen LogP contribution in [-0.2, 0) is 0 Å². The van der Waals surface area contributed by atoms with E-state index in [1.54, 1.807) is 0 Å². The number of rotatable bonds is 3. The number of pyridine rings is 1. The zero-order valence-corrected chi connectivity index (χ0v) is 12.9. The molecule has 1 aliphatic heterocycles. The summed E-state index contributed by atoms with van der Waals surface area (Å²) in [5.41, 5.74) is 2.92. The van der Waals surface area contributed by atoms with E-state index in [1.807, 2.05) is 49.5 Å². The molecule has 4 nitrogen and oxygen atoms in total. The molecule has 0 unspecified atom stereocenters. The molecule has 1 fully saturated rings. The fraction of sp³-hybridized carbons (Fsp3) is 0.333. The minimum absolute atomic E-state index is 0.127. The first-order chi connectivity index (χ1) is 10.7. The smallest absolute Gasteiger partial charge is 0.256 e. The van der Waals surface area contributed by atoms with E-state index in [4.69, 9.17) is 0 Å². The number of benzene rings is 1.